The van der Waals surface area contributed by atoms with E-state index in [-0.39, 0.29) is 11.8 Å². The van der Waals surface area contributed by atoms with Crippen LogP contribution in [0.5, 0.6) is 0 Å². The second-order valence-electron chi connectivity index (χ2n) is 5.63. The van der Waals surface area contributed by atoms with Gasteiger partial charge in [-0.2, -0.15) is 0 Å². The van der Waals surface area contributed by atoms with E-state index in [0.717, 1.165) is 5.56 Å². The number of nitrogens with zero attached hydrogens (tertiary/aromatic N) is 2. The fourth-order valence-corrected chi connectivity index (χ4v) is 2.62. The molecule has 2 amide bonds. The first kappa shape index (κ1) is 15.1. The lowest BCUT2D eigenvalue weighted by atomic mass is 10.1. The number of aryl methyl sites for hydroxylation is 1. The van der Waals surface area contributed by atoms with Crippen molar-refractivity contribution in [3.63, 3.8) is 0 Å². The van der Waals surface area contributed by atoms with Crippen molar-refractivity contribution in [3.05, 3.63) is 53.5 Å². The topological polar surface area (TPSA) is 79.8 Å². The van der Waals surface area contributed by atoms with Gasteiger partial charge >= 0.3 is 0 Å². The van der Waals surface area contributed by atoms with Gasteiger partial charge in [-0.3, -0.25) is 9.59 Å². The largest absolute Gasteiger partial charge is 0.459 e. The van der Waals surface area contributed by atoms with Gasteiger partial charge in [0.15, 0.2) is 5.76 Å². The molecule has 1 aromatic carbocycles. The van der Waals surface area contributed by atoms with Gasteiger partial charge in [0.1, 0.15) is 0 Å². The lowest BCUT2D eigenvalue weighted by Crippen LogP contribution is -2.50. The maximum absolute atomic E-state index is 12.5. The summed E-state index contributed by atoms with van der Waals surface area (Å²) >= 11 is 0. The standard InChI is InChI=1S/C17H19N3O3/c1-12-4-5-13(11-14(12)18)16(21)19-6-8-20(9-7-19)17(22)15-3-2-10-23-15/h2-5,10-11H,6-9,18H2,1H3. The number of furan rings is 1. The maximum Gasteiger partial charge on any atom is 0.289 e. The van der Waals surface area contributed by atoms with Crippen LogP contribution in [0.3, 0.4) is 0 Å². The number of hydrogen-bond acceptors (Lipinski definition) is 4. The Labute approximate surface area is 134 Å². The van der Waals surface area contributed by atoms with Gasteiger partial charge in [0.25, 0.3) is 11.8 Å². The lowest BCUT2D eigenvalue weighted by Gasteiger charge is -2.34. The van der Waals surface area contributed by atoms with E-state index in [1.165, 1.54) is 6.26 Å². The molecule has 2 heterocycles. The minimum Gasteiger partial charge on any atom is -0.459 e. The molecule has 0 unspecified atom stereocenters. The Bertz CT molecular complexity index is 717. The summed E-state index contributed by atoms with van der Waals surface area (Å²) in [7, 11) is 0. The van der Waals surface area contributed by atoms with Gasteiger partial charge in [-0.05, 0) is 36.8 Å². The molecule has 23 heavy (non-hydrogen) atoms. The number of carbonyl (C=O) groups excluding carboxylic acids is 2. The predicted molar refractivity (Wildman–Crippen MR) is 86.1 cm³/mol. The molecule has 0 saturated carbocycles. The molecule has 1 aliphatic heterocycles. The van der Waals surface area contributed by atoms with E-state index < -0.39 is 0 Å². The Morgan fingerprint density at radius 3 is 2.26 bits per heavy atom. The van der Waals surface area contributed by atoms with E-state index in [4.69, 9.17) is 10.2 Å². The molecule has 0 bridgehead atoms. The normalized spacial score (nSPS) is 14.8. The first-order valence-corrected chi connectivity index (χ1v) is 7.54. The Balaban J connectivity index is 1.63. The summed E-state index contributed by atoms with van der Waals surface area (Å²) in [5.41, 5.74) is 8.02. The molecule has 6 heteroatoms. The van der Waals surface area contributed by atoms with E-state index in [1.807, 2.05) is 13.0 Å². The van der Waals surface area contributed by atoms with Crippen molar-refractivity contribution in [1.82, 2.24) is 9.80 Å². The van der Waals surface area contributed by atoms with Gasteiger partial charge in [-0.1, -0.05) is 6.07 Å². The predicted octanol–water partition coefficient (Wildman–Crippen LogP) is 1.77. The third-order valence-electron chi connectivity index (χ3n) is 4.11. The molecule has 0 spiro atoms. The lowest BCUT2D eigenvalue weighted by molar-refractivity contribution is 0.0518. The number of piperazine rings is 1. The third-order valence-corrected chi connectivity index (χ3v) is 4.11. The van der Waals surface area contributed by atoms with Crippen LogP contribution < -0.4 is 5.73 Å². The number of nitrogen functional groups attached to an aromatic ring is 1. The van der Waals surface area contributed by atoms with Crippen LogP contribution in [0, 0.1) is 6.92 Å². The van der Waals surface area contributed by atoms with Gasteiger partial charge in [0, 0.05) is 37.4 Å². The molecule has 3 rings (SSSR count). The van der Waals surface area contributed by atoms with Crippen molar-refractivity contribution in [2.24, 2.45) is 0 Å². The molecule has 1 aromatic heterocycles. The summed E-state index contributed by atoms with van der Waals surface area (Å²) in [6, 6.07) is 8.68. The van der Waals surface area contributed by atoms with E-state index in [2.05, 4.69) is 0 Å². The number of nitrogens with two attached hydrogens (primary N) is 1. The molecule has 1 aliphatic rings. The Kier molecular flexibility index (Phi) is 4.06. The second-order valence-corrected chi connectivity index (χ2v) is 5.63. The fourth-order valence-electron chi connectivity index (χ4n) is 2.62. The van der Waals surface area contributed by atoms with Crippen molar-refractivity contribution >= 4 is 17.5 Å². The minimum absolute atomic E-state index is 0.0539. The maximum atomic E-state index is 12.5. The van der Waals surface area contributed by atoms with Crippen LogP contribution in [0.1, 0.15) is 26.5 Å². The molecule has 1 saturated heterocycles. The third kappa shape index (κ3) is 3.06. The van der Waals surface area contributed by atoms with Crippen molar-refractivity contribution < 1.29 is 14.0 Å². The molecular formula is C17H19N3O3. The van der Waals surface area contributed by atoms with Crippen LogP contribution in [-0.4, -0.2) is 47.8 Å². The minimum atomic E-state index is -0.137. The number of benzene rings is 1. The van der Waals surface area contributed by atoms with E-state index in [0.29, 0.717) is 43.2 Å². The SMILES string of the molecule is Cc1ccc(C(=O)N2CCN(C(=O)c3ccco3)CC2)cc1N. The average Bonchev–Trinajstić information content (AvgIpc) is 3.11. The van der Waals surface area contributed by atoms with Crippen LogP contribution in [0.4, 0.5) is 5.69 Å². The van der Waals surface area contributed by atoms with Gasteiger partial charge in [0.2, 0.25) is 0 Å². The second kappa shape index (κ2) is 6.16. The van der Waals surface area contributed by atoms with Gasteiger partial charge in [-0.15, -0.1) is 0 Å². The van der Waals surface area contributed by atoms with Gasteiger partial charge < -0.3 is 20.0 Å². The zero-order chi connectivity index (χ0) is 16.4. The molecule has 2 aromatic rings. The highest BCUT2D eigenvalue weighted by Gasteiger charge is 2.26. The molecule has 0 atom stereocenters. The Morgan fingerprint density at radius 1 is 1.04 bits per heavy atom. The first-order chi connectivity index (χ1) is 11.1. The smallest absolute Gasteiger partial charge is 0.289 e. The van der Waals surface area contributed by atoms with E-state index in [1.54, 1.807) is 34.1 Å². The van der Waals surface area contributed by atoms with Crippen LogP contribution in [0.25, 0.3) is 0 Å². The average molecular weight is 313 g/mol. The van der Waals surface area contributed by atoms with Crippen molar-refractivity contribution in [3.8, 4) is 0 Å². The van der Waals surface area contributed by atoms with Gasteiger partial charge in [0.05, 0.1) is 6.26 Å². The molecule has 1 fully saturated rings. The van der Waals surface area contributed by atoms with Crippen LogP contribution in [0.2, 0.25) is 0 Å². The fraction of sp³-hybridized carbons (Fsp3) is 0.294. The number of rotatable bonds is 2. The summed E-state index contributed by atoms with van der Waals surface area (Å²) in [5, 5.41) is 0. The number of hydrogen-bond donors (Lipinski definition) is 1. The van der Waals surface area contributed by atoms with Crippen LogP contribution in [-0.2, 0) is 0 Å². The Hall–Kier alpha value is -2.76. The molecule has 2 N–H and O–H groups in total. The summed E-state index contributed by atoms with van der Waals surface area (Å²) in [4.78, 5) is 28.2. The van der Waals surface area contributed by atoms with Crippen molar-refractivity contribution in [2.75, 3.05) is 31.9 Å². The monoisotopic (exact) mass is 313 g/mol. The molecule has 0 aliphatic carbocycles. The summed E-state index contributed by atoms with van der Waals surface area (Å²) < 4.78 is 5.13. The van der Waals surface area contributed by atoms with Crippen molar-refractivity contribution in [2.45, 2.75) is 6.92 Å². The molecule has 0 radical (unpaired) electrons. The highest BCUT2D eigenvalue weighted by Crippen LogP contribution is 2.16. The molecule has 6 nitrogen and oxygen atoms in total. The van der Waals surface area contributed by atoms with Gasteiger partial charge in [-0.25, -0.2) is 0 Å². The van der Waals surface area contributed by atoms with Crippen LogP contribution in [0.15, 0.2) is 41.0 Å². The van der Waals surface area contributed by atoms with E-state index >= 15 is 0 Å². The quantitative estimate of drug-likeness (QED) is 0.857. The summed E-state index contributed by atoms with van der Waals surface area (Å²) in [6.45, 7) is 3.89. The first-order valence-electron chi connectivity index (χ1n) is 7.54. The highest BCUT2D eigenvalue weighted by molar-refractivity contribution is 5.96. The number of carbonyl (C=O) groups is 2. The van der Waals surface area contributed by atoms with E-state index in [9.17, 15) is 9.59 Å². The number of anilines is 1. The van der Waals surface area contributed by atoms with Crippen molar-refractivity contribution in [1.29, 1.82) is 0 Å². The Morgan fingerprint density at radius 2 is 1.70 bits per heavy atom. The zero-order valence-electron chi connectivity index (χ0n) is 13.0. The summed E-state index contributed by atoms with van der Waals surface area (Å²) in [5.74, 6) is 0.138. The van der Waals surface area contributed by atoms with Crippen LogP contribution >= 0.6 is 0 Å². The number of amides is 2. The summed E-state index contributed by atoms with van der Waals surface area (Å²) in [6.07, 6.45) is 1.48. The highest BCUT2D eigenvalue weighted by atomic mass is 16.3. The molecule has 120 valence electrons. The molecular weight excluding hydrogens is 294 g/mol. The zero-order valence-corrected chi connectivity index (χ0v) is 13.0.